The van der Waals surface area contributed by atoms with Crippen LogP contribution in [0.1, 0.15) is 24.4 Å². The lowest BCUT2D eigenvalue weighted by Crippen LogP contribution is -2.29. The molecule has 2 heterocycles. The number of nitrogens with one attached hydrogen (secondary N) is 1. The van der Waals surface area contributed by atoms with Crippen LogP contribution in [-0.2, 0) is 6.18 Å². The standard InChI is InChI=1S/C15H16F3N3O/c16-15(17,18)11-1-3-13(4-2-11)22-14-9-20-21(10-14)12-5-7-19-8-6-12/h1-4,9-10,12,19H,5-8H2. The van der Waals surface area contributed by atoms with Crippen molar-refractivity contribution in [2.24, 2.45) is 0 Å². The van der Waals surface area contributed by atoms with Gasteiger partial charge in [0.1, 0.15) is 5.75 Å². The van der Waals surface area contributed by atoms with E-state index in [-0.39, 0.29) is 0 Å². The van der Waals surface area contributed by atoms with Crippen LogP contribution in [0.25, 0.3) is 0 Å². The SMILES string of the molecule is FC(F)(F)c1ccc(Oc2cnn(C3CCNCC3)c2)cc1. The molecule has 2 aromatic rings. The Bertz CT molecular complexity index is 616. The summed E-state index contributed by atoms with van der Waals surface area (Å²) in [5.74, 6) is 0.885. The minimum absolute atomic E-state index is 0.339. The Labute approximate surface area is 125 Å². The van der Waals surface area contributed by atoms with E-state index in [9.17, 15) is 13.2 Å². The highest BCUT2D eigenvalue weighted by atomic mass is 19.4. The van der Waals surface area contributed by atoms with Crippen LogP contribution in [0.5, 0.6) is 11.5 Å². The zero-order valence-electron chi connectivity index (χ0n) is 11.8. The maximum Gasteiger partial charge on any atom is 0.416 e. The fourth-order valence-corrected chi connectivity index (χ4v) is 2.49. The third-order valence-electron chi connectivity index (χ3n) is 3.68. The molecule has 1 aliphatic rings. The number of nitrogens with zero attached hydrogens (tertiary/aromatic N) is 2. The molecule has 0 aliphatic carbocycles. The smallest absolute Gasteiger partial charge is 0.416 e. The van der Waals surface area contributed by atoms with Crippen LogP contribution in [0.2, 0.25) is 0 Å². The summed E-state index contributed by atoms with van der Waals surface area (Å²) in [6.07, 6.45) is 1.04. The Morgan fingerprint density at radius 1 is 1.09 bits per heavy atom. The van der Waals surface area contributed by atoms with Crippen LogP contribution >= 0.6 is 0 Å². The second-order valence-corrected chi connectivity index (χ2v) is 5.26. The number of ether oxygens (including phenoxy) is 1. The van der Waals surface area contributed by atoms with Gasteiger partial charge in [-0.05, 0) is 50.2 Å². The molecule has 4 nitrogen and oxygen atoms in total. The summed E-state index contributed by atoms with van der Waals surface area (Å²) in [6, 6.07) is 4.97. The maximum absolute atomic E-state index is 12.5. The Morgan fingerprint density at radius 3 is 2.41 bits per heavy atom. The molecule has 1 aromatic carbocycles. The van der Waals surface area contributed by atoms with E-state index in [1.165, 1.54) is 12.1 Å². The number of halogens is 3. The normalized spacial score (nSPS) is 16.7. The van der Waals surface area contributed by atoms with Gasteiger partial charge >= 0.3 is 6.18 Å². The van der Waals surface area contributed by atoms with Gasteiger partial charge in [0, 0.05) is 0 Å². The van der Waals surface area contributed by atoms with Crippen LogP contribution in [0.4, 0.5) is 13.2 Å². The quantitative estimate of drug-likeness (QED) is 0.941. The van der Waals surface area contributed by atoms with Gasteiger partial charge in [-0.3, -0.25) is 4.68 Å². The lowest BCUT2D eigenvalue weighted by atomic mass is 10.1. The monoisotopic (exact) mass is 311 g/mol. The number of hydrogen-bond donors (Lipinski definition) is 1. The Kier molecular flexibility index (Phi) is 4.06. The molecule has 0 spiro atoms. The van der Waals surface area contributed by atoms with Crippen molar-refractivity contribution in [1.82, 2.24) is 15.1 Å². The topological polar surface area (TPSA) is 39.1 Å². The van der Waals surface area contributed by atoms with Crippen molar-refractivity contribution in [2.75, 3.05) is 13.1 Å². The van der Waals surface area contributed by atoms with Gasteiger partial charge in [-0.1, -0.05) is 0 Å². The molecule has 0 radical (unpaired) electrons. The molecule has 0 bridgehead atoms. The highest BCUT2D eigenvalue weighted by Gasteiger charge is 2.30. The van der Waals surface area contributed by atoms with E-state index in [0.29, 0.717) is 17.5 Å². The van der Waals surface area contributed by atoms with Crippen molar-refractivity contribution in [3.05, 3.63) is 42.2 Å². The van der Waals surface area contributed by atoms with Gasteiger partial charge < -0.3 is 10.1 Å². The second-order valence-electron chi connectivity index (χ2n) is 5.26. The van der Waals surface area contributed by atoms with Gasteiger partial charge in [-0.25, -0.2) is 0 Å². The molecular weight excluding hydrogens is 295 g/mol. The molecule has 0 unspecified atom stereocenters. The molecule has 1 aromatic heterocycles. The Balaban J connectivity index is 1.67. The van der Waals surface area contributed by atoms with Gasteiger partial charge in [0.05, 0.1) is 24.0 Å². The average Bonchev–Trinajstić information content (AvgIpc) is 2.96. The summed E-state index contributed by atoms with van der Waals surface area (Å²) in [6.45, 7) is 1.92. The minimum Gasteiger partial charge on any atom is -0.454 e. The van der Waals surface area contributed by atoms with Gasteiger partial charge in [0.25, 0.3) is 0 Å². The van der Waals surface area contributed by atoms with Gasteiger partial charge in [0.15, 0.2) is 5.75 Å². The number of aromatic nitrogens is 2. The van der Waals surface area contributed by atoms with Crippen LogP contribution in [0.3, 0.4) is 0 Å². The van der Waals surface area contributed by atoms with E-state index < -0.39 is 11.7 Å². The molecule has 22 heavy (non-hydrogen) atoms. The molecule has 1 aliphatic heterocycles. The van der Waals surface area contributed by atoms with Crippen LogP contribution in [0.15, 0.2) is 36.7 Å². The maximum atomic E-state index is 12.5. The summed E-state index contributed by atoms with van der Waals surface area (Å²) in [5, 5.41) is 7.56. The zero-order valence-corrected chi connectivity index (χ0v) is 11.8. The first-order valence-electron chi connectivity index (χ1n) is 7.12. The number of hydrogen-bond acceptors (Lipinski definition) is 3. The largest absolute Gasteiger partial charge is 0.454 e. The Morgan fingerprint density at radius 2 is 1.77 bits per heavy atom. The molecule has 1 N–H and O–H groups in total. The fourth-order valence-electron chi connectivity index (χ4n) is 2.49. The minimum atomic E-state index is -4.33. The molecule has 0 amide bonds. The van der Waals surface area contributed by atoms with E-state index >= 15 is 0 Å². The van der Waals surface area contributed by atoms with Gasteiger partial charge in [-0.2, -0.15) is 18.3 Å². The number of rotatable bonds is 3. The van der Waals surface area contributed by atoms with Crippen molar-refractivity contribution in [3.63, 3.8) is 0 Å². The summed E-state index contributed by atoms with van der Waals surface area (Å²) < 4.78 is 44.9. The molecule has 0 atom stereocenters. The van der Waals surface area contributed by atoms with E-state index in [1.807, 2.05) is 4.68 Å². The van der Waals surface area contributed by atoms with Crippen molar-refractivity contribution >= 4 is 0 Å². The van der Waals surface area contributed by atoms with Crippen LogP contribution in [-0.4, -0.2) is 22.9 Å². The van der Waals surface area contributed by atoms with E-state index in [1.54, 1.807) is 12.4 Å². The zero-order chi connectivity index (χ0) is 15.6. The molecule has 118 valence electrons. The van der Waals surface area contributed by atoms with Crippen molar-refractivity contribution in [1.29, 1.82) is 0 Å². The Hall–Kier alpha value is -2.02. The third-order valence-corrected chi connectivity index (χ3v) is 3.68. The average molecular weight is 311 g/mol. The first-order chi connectivity index (χ1) is 10.5. The predicted molar refractivity (Wildman–Crippen MR) is 74.9 cm³/mol. The van der Waals surface area contributed by atoms with Crippen LogP contribution < -0.4 is 10.1 Å². The molecule has 7 heteroatoms. The lowest BCUT2D eigenvalue weighted by molar-refractivity contribution is -0.137. The highest BCUT2D eigenvalue weighted by molar-refractivity contribution is 5.32. The van der Waals surface area contributed by atoms with Crippen molar-refractivity contribution in [3.8, 4) is 11.5 Å². The first-order valence-corrected chi connectivity index (χ1v) is 7.12. The predicted octanol–water partition coefficient (Wildman–Crippen LogP) is 3.62. The highest BCUT2D eigenvalue weighted by Crippen LogP contribution is 2.31. The summed E-state index contributed by atoms with van der Waals surface area (Å²) in [5.41, 5.74) is -0.690. The number of alkyl halides is 3. The van der Waals surface area contributed by atoms with E-state index in [4.69, 9.17) is 4.74 Å². The molecule has 1 fully saturated rings. The van der Waals surface area contributed by atoms with Crippen molar-refractivity contribution < 1.29 is 17.9 Å². The molecular formula is C15H16F3N3O. The van der Waals surface area contributed by atoms with Gasteiger partial charge in [-0.15, -0.1) is 0 Å². The summed E-state index contributed by atoms with van der Waals surface area (Å²) >= 11 is 0. The lowest BCUT2D eigenvalue weighted by Gasteiger charge is -2.22. The van der Waals surface area contributed by atoms with Crippen LogP contribution in [0, 0.1) is 0 Å². The van der Waals surface area contributed by atoms with Crippen molar-refractivity contribution in [2.45, 2.75) is 25.1 Å². The summed E-state index contributed by atoms with van der Waals surface area (Å²) in [4.78, 5) is 0. The summed E-state index contributed by atoms with van der Waals surface area (Å²) in [7, 11) is 0. The number of piperidine rings is 1. The fraction of sp³-hybridized carbons (Fsp3) is 0.400. The van der Waals surface area contributed by atoms with Gasteiger partial charge in [0.2, 0.25) is 0 Å². The number of benzene rings is 1. The van der Waals surface area contributed by atoms with E-state index in [0.717, 1.165) is 38.1 Å². The molecule has 0 saturated carbocycles. The first kappa shape index (κ1) is 14.9. The third kappa shape index (κ3) is 3.41. The molecule has 3 rings (SSSR count). The second kappa shape index (κ2) is 6.00. The molecule has 1 saturated heterocycles. The van der Waals surface area contributed by atoms with E-state index in [2.05, 4.69) is 10.4 Å².